The lowest BCUT2D eigenvalue weighted by Crippen LogP contribution is -2.46. The molecule has 0 aromatic rings. The van der Waals surface area contributed by atoms with Gasteiger partial charge in [-0.1, -0.05) is 6.92 Å². The molecule has 0 bridgehead atoms. The Hall–Kier alpha value is -0.120. The Labute approximate surface area is 81.4 Å². The standard InChI is InChI=1S/C10H22N2O/c1-4-9(2)11-7-10-8-12(3)5-6-13-10/h9-11H,4-8H2,1-3H3/t9-,10-/m0/s1. The summed E-state index contributed by atoms with van der Waals surface area (Å²) < 4.78 is 5.64. The van der Waals surface area contributed by atoms with Crippen LogP contribution in [0.1, 0.15) is 20.3 Å². The van der Waals surface area contributed by atoms with Crippen LogP contribution in [0.3, 0.4) is 0 Å². The Balaban J connectivity index is 2.13. The van der Waals surface area contributed by atoms with E-state index in [0.717, 1.165) is 26.2 Å². The van der Waals surface area contributed by atoms with Gasteiger partial charge in [-0.15, -0.1) is 0 Å². The highest BCUT2D eigenvalue weighted by atomic mass is 16.5. The Morgan fingerprint density at radius 3 is 3.00 bits per heavy atom. The first-order valence-electron chi connectivity index (χ1n) is 5.26. The first kappa shape index (κ1) is 11.0. The zero-order chi connectivity index (χ0) is 9.68. The zero-order valence-electron chi connectivity index (χ0n) is 9.05. The third-order valence-electron chi connectivity index (χ3n) is 2.65. The van der Waals surface area contributed by atoms with Crippen molar-refractivity contribution in [1.82, 2.24) is 10.2 Å². The zero-order valence-corrected chi connectivity index (χ0v) is 9.05. The van der Waals surface area contributed by atoms with Gasteiger partial charge in [0.25, 0.3) is 0 Å². The molecule has 13 heavy (non-hydrogen) atoms. The quantitative estimate of drug-likeness (QED) is 0.699. The van der Waals surface area contributed by atoms with Crippen LogP contribution in [0, 0.1) is 0 Å². The average Bonchev–Trinajstić information content (AvgIpc) is 2.14. The van der Waals surface area contributed by atoms with E-state index in [-0.39, 0.29) is 0 Å². The Kier molecular flexibility index (Phi) is 4.70. The highest BCUT2D eigenvalue weighted by Crippen LogP contribution is 2.02. The van der Waals surface area contributed by atoms with Crippen LogP contribution in [-0.4, -0.2) is 50.3 Å². The van der Waals surface area contributed by atoms with E-state index >= 15 is 0 Å². The van der Waals surface area contributed by atoms with Crippen molar-refractivity contribution >= 4 is 0 Å². The molecule has 0 unspecified atom stereocenters. The number of hydrogen-bond donors (Lipinski definition) is 1. The predicted octanol–water partition coefficient (Wildman–Crippen LogP) is 0.705. The van der Waals surface area contributed by atoms with E-state index in [0.29, 0.717) is 12.1 Å². The van der Waals surface area contributed by atoms with Crippen LogP contribution in [0.25, 0.3) is 0 Å². The second kappa shape index (κ2) is 5.58. The first-order chi connectivity index (χ1) is 6.22. The Morgan fingerprint density at radius 1 is 1.62 bits per heavy atom. The van der Waals surface area contributed by atoms with E-state index in [9.17, 15) is 0 Å². The van der Waals surface area contributed by atoms with Crippen molar-refractivity contribution < 1.29 is 4.74 Å². The summed E-state index contributed by atoms with van der Waals surface area (Å²) in [7, 11) is 2.15. The molecule has 1 aliphatic heterocycles. The smallest absolute Gasteiger partial charge is 0.0826 e. The van der Waals surface area contributed by atoms with E-state index in [1.807, 2.05) is 0 Å². The van der Waals surface area contributed by atoms with E-state index in [4.69, 9.17) is 4.74 Å². The third-order valence-corrected chi connectivity index (χ3v) is 2.65. The van der Waals surface area contributed by atoms with Gasteiger partial charge in [0.1, 0.15) is 0 Å². The molecule has 3 nitrogen and oxygen atoms in total. The summed E-state index contributed by atoms with van der Waals surface area (Å²) in [5.41, 5.74) is 0. The molecule has 3 heteroatoms. The summed E-state index contributed by atoms with van der Waals surface area (Å²) in [6.45, 7) is 8.41. The number of rotatable bonds is 4. The molecular weight excluding hydrogens is 164 g/mol. The Morgan fingerprint density at radius 2 is 2.38 bits per heavy atom. The van der Waals surface area contributed by atoms with Crippen LogP contribution in [-0.2, 0) is 4.74 Å². The van der Waals surface area contributed by atoms with Crippen LogP contribution < -0.4 is 5.32 Å². The van der Waals surface area contributed by atoms with Crippen LogP contribution in [0.4, 0.5) is 0 Å². The minimum atomic E-state index is 0.382. The summed E-state index contributed by atoms with van der Waals surface area (Å²) in [5, 5.41) is 3.47. The van der Waals surface area contributed by atoms with Gasteiger partial charge in [-0.3, -0.25) is 0 Å². The molecule has 0 spiro atoms. The second-order valence-electron chi connectivity index (χ2n) is 3.97. The maximum absolute atomic E-state index is 5.64. The summed E-state index contributed by atoms with van der Waals surface area (Å²) >= 11 is 0. The van der Waals surface area contributed by atoms with Gasteiger partial charge < -0.3 is 15.0 Å². The van der Waals surface area contributed by atoms with Gasteiger partial charge in [0.05, 0.1) is 12.7 Å². The number of nitrogens with one attached hydrogen (secondary N) is 1. The summed E-state index contributed by atoms with van der Waals surface area (Å²) in [4.78, 5) is 2.33. The van der Waals surface area contributed by atoms with Crippen molar-refractivity contribution in [3.8, 4) is 0 Å². The van der Waals surface area contributed by atoms with Gasteiger partial charge in [-0.2, -0.15) is 0 Å². The van der Waals surface area contributed by atoms with Gasteiger partial charge in [0, 0.05) is 25.7 Å². The minimum Gasteiger partial charge on any atom is -0.374 e. The van der Waals surface area contributed by atoms with Crippen molar-refractivity contribution in [1.29, 1.82) is 0 Å². The van der Waals surface area contributed by atoms with Crippen molar-refractivity contribution in [2.75, 3.05) is 33.3 Å². The van der Waals surface area contributed by atoms with Gasteiger partial charge in [-0.05, 0) is 20.4 Å². The summed E-state index contributed by atoms with van der Waals surface area (Å²) in [5.74, 6) is 0. The van der Waals surface area contributed by atoms with Crippen LogP contribution in [0.15, 0.2) is 0 Å². The van der Waals surface area contributed by atoms with Gasteiger partial charge in [0.15, 0.2) is 0 Å². The fourth-order valence-corrected chi connectivity index (χ4v) is 1.47. The monoisotopic (exact) mass is 186 g/mol. The number of hydrogen-bond acceptors (Lipinski definition) is 3. The van der Waals surface area contributed by atoms with Crippen molar-refractivity contribution in [3.63, 3.8) is 0 Å². The summed E-state index contributed by atoms with van der Waals surface area (Å²) in [6.07, 6.45) is 1.57. The molecular formula is C10H22N2O. The van der Waals surface area contributed by atoms with E-state index in [1.165, 1.54) is 6.42 Å². The maximum atomic E-state index is 5.64. The molecule has 0 aromatic carbocycles. The lowest BCUT2D eigenvalue weighted by molar-refractivity contribution is -0.0190. The van der Waals surface area contributed by atoms with Crippen LogP contribution >= 0.6 is 0 Å². The third kappa shape index (κ3) is 4.07. The molecule has 0 aromatic heterocycles. The van der Waals surface area contributed by atoms with Crippen molar-refractivity contribution in [2.24, 2.45) is 0 Å². The molecule has 1 N–H and O–H groups in total. The largest absolute Gasteiger partial charge is 0.374 e. The fraction of sp³-hybridized carbons (Fsp3) is 1.00. The number of ether oxygens (including phenoxy) is 1. The fourth-order valence-electron chi connectivity index (χ4n) is 1.47. The van der Waals surface area contributed by atoms with E-state index < -0.39 is 0 Å². The molecule has 1 rings (SSSR count). The van der Waals surface area contributed by atoms with E-state index in [1.54, 1.807) is 0 Å². The SMILES string of the molecule is CC[C@H](C)NC[C@H]1CN(C)CCO1. The van der Waals surface area contributed by atoms with Crippen molar-refractivity contribution in [2.45, 2.75) is 32.4 Å². The lowest BCUT2D eigenvalue weighted by atomic mass is 10.2. The molecule has 0 aliphatic carbocycles. The van der Waals surface area contributed by atoms with Gasteiger partial charge >= 0.3 is 0 Å². The van der Waals surface area contributed by atoms with Crippen LogP contribution in [0.5, 0.6) is 0 Å². The molecule has 1 aliphatic rings. The predicted molar refractivity (Wildman–Crippen MR) is 55.0 cm³/mol. The molecule has 0 radical (unpaired) electrons. The minimum absolute atomic E-state index is 0.382. The first-order valence-corrected chi connectivity index (χ1v) is 5.26. The number of morpholine rings is 1. The highest BCUT2D eigenvalue weighted by molar-refractivity contribution is 4.72. The lowest BCUT2D eigenvalue weighted by Gasteiger charge is -2.30. The van der Waals surface area contributed by atoms with Crippen molar-refractivity contribution in [3.05, 3.63) is 0 Å². The van der Waals surface area contributed by atoms with Gasteiger partial charge in [0.2, 0.25) is 0 Å². The number of likely N-dealkylation sites (N-methyl/N-ethyl adjacent to an activating group) is 1. The maximum Gasteiger partial charge on any atom is 0.0826 e. The summed E-state index contributed by atoms with van der Waals surface area (Å²) in [6, 6.07) is 0.607. The average molecular weight is 186 g/mol. The van der Waals surface area contributed by atoms with Crippen LogP contribution in [0.2, 0.25) is 0 Å². The molecule has 1 saturated heterocycles. The van der Waals surface area contributed by atoms with E-state index in [2.05, 4.69) is 31.1 Å². The molecule has 1 heterocycles. The topological polar surface area (TPSA) is 24.5 Å². The molecule has 0 amide bonds. The molecule has 2 atom stereocenters. The molecule has 0 saturated carbocycles. The number of nitrogens with zero attached hydrogens (tertiary/aromatic N) is 1. The normalized spacial score (nSPS) is 27.5. The molecule has 78 valence electrons. The highest BCUT2D eigenvalue weighted by Gasteiger charge is 2.17. The molecule has 1 fully saturated rings. The van der Waals surface area contributed by atoms with Gasteiger partial charge in [-0.25, -0.2) is 0 Å². The second-order valence-corrected chi connectivity index (χ2v) is 3.97. The Bertz CT molecular complexity index is 141.